The maximum absolute atomic E-state index is 11.8. The molecule has 0 aliphatic carbocycles. The van der Waals surface area contributed by atoms with Crippen molar-refractivity contribution in [1.29, 1.82) is 0 Å². The van der Waals surface area contributed by atoms with Crippen molar-refractivity contribution < 1.29 is 18.6 Å². The van der Waals surface area contributed by atoms with Crippen LogP contribution < -0.4 is 0 Å². The SMILES string of the molecule is COP(C)(=O)Cc1ccc(C(=O)OCC(C)C)cc1. The second-order valence-electron chi connectivity index (χ2n) is 5.04. The van der Waals surface area contributed by atoms with Crippen LogP contribution in [0.3, 0.4) is 0 Å². The summed E-state index contributed by atoms with van der Waals surface area (Å²) in [7, 11) is -1.13. The van der Waals surface area contributed by atoms with E-state index in [9.17, 15) is 9.36 Å². The van der Waals surface area contributed by atoms with Crippen LogP contribution in [-0.4, -0.2) is 26.4 Å². The van der Waals surface area contributed by atoms with Crippen molar-refractivity contribution in [3.8, 4) is 0 Å². The van der Waals surface area contributed by atoms with Gasteiger partial charge in [0.25, 0.3) is 0 Å². The molecule has 0 heterocycles. The standard InChI is InChI=1S/C14H21O4P/c1-11(2)9-18-14(15)13-7-5-12(6-8-13)10-19(4,16)17-3/h5-8,11H,9-10H2,1-4H3. The van der Waals surface area contributed by atoms with Crippen molar-refractivity contribution in [3.05, 3.63) is 35.4 Å². The summed E-state index contributed by atoms with van der Waals surface area (Å²) >= 11 is 0. The van der Waals surface area contributed by atoms with E-state index >= 15 is 0 Å². The number of hydrogen-bond donors (Lipinski definition) is 0. The summed E-state index contributed by atoms with van der Waals surface area (Å²) in [5.41, 5.74) is 1.39. The molecule has 0 aromatic heterocycles. The molecule has 1 rings (SSSR count). The fourth-order valence-electron chi connectivity index (χ4n) is 1.47. The lowest BCUT2D eigenvalue weighted by Gasteiger charge is -2.11. The third kappa shape index (κ3) is 5.58. The van der Waals surface area contributed by atoms with E-state index in [0.717, 1.165) is 5.56 Å². The Morgan fingerprint density at radius 1 is 1.26 bits per heavy atom. The van der Waals surface area contributed by atoms with Crippen LogP contribution in [0, 0.1) is 5.92 Å². The predicted octanol–water partition coefficient (Wildman–Crippen LogP) is 3.55. The minimum Gasteiger partial charge on any atom is -0.462 e. The average Bonchev–Trinajstić information content (AvgIpc) is 2.36. The van der Waals surface area contributed by atoms with Crippen LogP contribution in [0.1, 0.15) is 29.8 Å². The molecule has 0 spiro atoms. The second kappa shape index (κ2) is 6.88. The molecular weight excluding hydrogens is 263 g/mol. The molecule has 0 N–H and O–H groups in total. The molecule has 1 atom stereocenters. The van der Waals surface area contributed by atoms with Gasteiger partial charge in [-0.05, 0) is 23.6 Å². The first-order valence-corrected chi connectivity index (χ1v) is 8.48. The van der Waals surface area contributed by atoms with Gasteiger partial charge in [-0.1, -0.05) is 26.0 Å². The number of esters is 1. The number of carbonyl (C=O) groups is 1. The van der Waals surface area contributed by atoms with Gasteiger partial charge in [0.15, 0.2) is 0 Å². The van der Waals surface area contributed by atoms with Crippen LogP contribution in [-0.2, 0) is 20.0 Å². The molecule has 0 radical (unpaired) electrons. The summed E-state index contributed by atoms with van der Waals surface area (Å²) in [6, 6.07) is 6.93. The van der Waals surface area contributed by atoms with Crippen LogP contribution >= 0.6 is 7.37 Å². The predicted molar refractivity (Wildman–Crippen MR) is 75.8 cm³/mol. The Morgan fingerprint density at radius 2 is 1.84 bits per heavy atom. The van der Waals surface area contributed by atoms with Gasteiger partial charge in [-0.15, -0.1) is 0 Å². The number of ether oxygens (including phenoxy) is 1. The van der Waals surface area contributed by atoms with Gasteiger partial charge in [0, 0.05) is 19.9 Å². The van der Waals surface area contributed by atoms with Crippen molar-refractivity contribution in [2.24, 2.45) is 5.92 Å². The molecule has 4 nitrogen and oxygen atoms in total. The van der Waals surface area contributed by atoms with Gasteiger partial charge in [-0.25, -0.2) is 4.79 Å². The highest BCUT2D eigenvalue weighted by Gasteiger charge is 2.15. The van der Waals surface area contributed by atoms with Crippen LogP contribution in [0.2, 0.25) is 0 Å². The van der Waals surface area contributed by atoms with Crippen molar-refractivity contribution in [1.82, 2.24) is 0 Å². The second-order valence-corrected chi connectivity index (χ2v) is 7.75. The summed E-state index contributed by atoms with van der Waals surface area (Å²) in [4.78, 5) is 11.7. The van der Waals surface area contributed by atoms with Gasteiger partial charge in [-0.2, -0.15) is 0 Å². The minimum atomic E-state index is -2.58. The number of carbonyl (C=O) groups excluding carboxylic acids is 1. The van der Waals surface area contributed by atoms with Crippen LogP contribution in [0.25, 0.3) is 0 Å². The van der Waals surface area contributed by atoms with Crippen LogP contribution in [0.4, 0.5) is 0 Å². The molecule has 1 aromatic rings. The fraction of sp³-hybridized carbons (Fsp3) is 0.500. The van der Waals surface area contributed by atoms with Gasteiger partial charge in [0.1, 0.15) is 0 Å². The topological polar surface area (TPSA) is 52.6 Å². The van der Waals surface area contributed by atoms with E-state index in [4.69, 9.17) is 9.26 Å². The Morgan fingerprint density at radius 3 is 2.32 bits per heavy atom. The Hall–Kier alpha value is -1.12. The minimum absolute atomic E-state index is 0.316. The summed E-state index contributed by atoms with van der Waals surface area (Å²) < 4.78 is 21.9. The Labute approximate surface area is 114 Å². The lowest BCUT2D eigenvalue weighted by atomic mass is 10.1. The number of hydrogen-bond acceptors (Lipinski definition) is 4. The first-order valence-electron chi connectivity index (χ1n) is 6.22. The van der Waals surface area contributed by atoms with Crippen LogP contribution in [0.15, 0.2) is 24.3 Å². The molecule has 1 unspecified atom stereocenters. The number of benzene rings is 1. The molecule has 0 fully saturated rings. The van der Waals surface area contributed by atoms with Crippen molar-refractivity contribution in [2.75, 3.05) is 20.4 Å². The maximum Gasteiger partial charge on any atom is 0.338 e. The van der Waals surface area contributed by atoms with Gasteiger partial charge in [0.05, 0.1) is 12.2 Å². The molecule has 19 heavy (non-hydrogen) atoms. The van der Waals surface area contributed by atoms with E-state index in [-0.39, 0.29) is 5.97 Å². The van der Waals surface area contributed by atoms with Gasteiger partial charge >= 0.3 is 5.97 Å². The molecule has 0 aliphatic rings. The van der Waals surface area contributed by atoms with Crippen LogP contribution in [0.5, 0.6) is 0 Å². The monoisotopic (exact) mass is 284 g/mol. The lowest BCUT2D eigenvalue weighted by Crippen LogP contribution is -2.10. The molecule has 5 heteroatoms. The third-order valence-electron chi connectivity index (χ3n) is 2.59. The van der Waals surface area contributed by atoms with E-state index in [1.165, 1.54) is 7.11 Å². The summed E-state index contributed by atoms with van der Waals surface area (Å²) in [5, 5.41) is 0. The normalized spacial score (nSPS) is 14.2. The zero-order valence-electron chi connectivity index (χ0n) is 11.9. The third-order valence-corrected chi connectivity index (χ3v) is 4.31. The van der Waals surface area contributed by atoms with E-state index in [2.05, 4.69) is 0 Å². The number of rotatable bonds is 6. The molecule has 106 valence electrons. The first-order chi connectivity index (χ1) is 8.84. The molecule has 0 saturated heterocycles. The van der Waals surface area contributed by atoms with Crippen molar-refractivity contribution >= 4 is 13.3 Å². The van der Waals surface area contributed by atoms with E-state index in [0.29, 0.717) is 24.3 Å². The van der Waals surface area contributed by atoms with Gasteiger partial charge in [-0.3, -0.25) is 4.57 Å². The summed E-state index contributed by atoms with van der Waals surface area (Å²) in [6.45, 7) is 5.98. The average molecular weight is 284 g/mol. The highest BCUT2D eigenvalue weighted by Crippen LogP contribution is 2.45. The van der Waals surface area contributed by atoms with E-state index < -0.39 is 7.37 Å². The Bertz CT molecular complexity index is 465. The molecule has 0 saturated carbocycles. The highest BCUT2D eigenvalue weighted by molar-refractivity contribution is 7.57. The molecule has 0 aliphatic heterocycles. The Kier molecular flexibility index (Phi) is 5.77. The fourth-order valence-corrected chi connectivity index (χ4v) is 2.47. The largest absolute Gasteiger partial charge is 0.462 e. The first kappa shape index (κ1) is 15.9. The molecular formula is C14H21O4P. The smallest absolute Gasteiger partial charge is 0.338 e. The zero-order valence-corrected chi connectivity index (χ0v) is 12.8. The zero-order chi connectivity index (χ0) is 14.5. The lowest BCUT2D eigenvalue weighted by molar-refractivity contribution is 0.0459. The van der Waals surface area contributed by atoms with Crippen molar-refractivity contribution in [3.63, 3.8) is 0 Å². The quantitative estimate of drug-likeness (QED) is 0.592. The maximum atomic E-state index is 11.8. The molecule has 0 bridgehead atoms. The summed E-state index contributed by atoms with van der Waals surface area (Å²) in [6.07, 6.45) is 0.366. The molecule has 1 aromatic carbocycles. The van der Waals surface area contributed by atoms with E-state index in [1.54, 1.807) is 30.9 Å². The van der Waals surface area contributed by atoms with Gasteiger partial charge in [0.2, 0.25) is 7.37 Å². The summed E-state index contributed by atoms with van der Waals surface area (Å²) in [5.74, 6) is -0.0115. The molecule has 0 amide bonds. The van der Waals surface area contributed by atoms with Crippen molar-refractivity contribution in [2.45, 2.75) is 20.0 Å². The van der Waals surface area contributed by atoms with Gasteiger partial charge < -0.3 is 9.26 Å². The van der Waals surface area contributed by atoms with E-state index in [1.807, 2.05) is 13.8 Å². The highest BCUT2D eigenvalue weighted by atomic mass is 31.2. The Balaban J connectivity index is 2.66.